The van der Waals surface area contributed by atoms with Crippen LogP contribution in [0.15, 0.2) is 41.5 Å². The number of ether oxygens (including phenoxy) is 3. The summed E-state index contributed by atoms with van der Waals surface area (Å²) in [5, 5.41) is 6.98. The van der Waals surface area contributed by atoms with Gasteiger partial charge >= 0.3 is 0 Å². The van der Waals surface area contributed by atoms with Crippen LogP contribution in [-0.2, 0) is 9.59 Å². The van der Waals surface area contributed by atoms with Crippen molar-refractivity contribution in [3.8, 4) is 17.2 Å². The molecule has 2 N–H and O–H groups in total. The molecular weight excluding hydrogens is 410 g/mol. The van der Waals surface area contributed by atoms with Gasteiger partial charge in [0.1, 0.15) is 5.75 Å². The standard InChI is InChI=1S/C21H24ClN3O5/c1-4-30-16-7-5-15(6-8-16)24-20(26)9-10-21(27)25-23-13-14-11-18(28-2)19(29-3)12-17(14)22/h5-8,11-13H,4,9-10H2,1-3H3,(H,24,26)(H,25,27)/b23-13+. The van der Waals surface area contributed by atoms with Gasteiger partial charge in [-0.05, 0) is 37.3 Å². The normalized spacial score (nSPS) is 10.5. The number of nitrogens with zero attached hydrogens (tertiary/aromatic N) is 1. The monoisotopic (exact) mass is 433 g/mol. The molecule has 0 heterocycles. The zero-order chi connectivity index (χ0) is 21.9. The molecule has 0 aliphatic heterocycles. The first-order chi connectivity index (χ1) is 14.5. The number of carbonyl (C=O) groups is 2. The van der Waals surface area contributed by atoms with Crippen molar-refractivity contribution >= 4 is 35.3 Å². The highest BCUT2D eigenvalue weighted by Gasteiger charge is 2.09. The third-order valence-corrected chi connectivity index (χ3v) is 4.25. The second kappa shape index (κ2) is 11.7. The van der Waals surface area contributed by atoms with Gasteiger partial charge in [0.25, 0.3) is 0 Å². The fraction of sp³-hybridized carbons (Fsp3) is 0.286. The van der Waals surface area contributed by atoms with Gasteiger partial charge in [-0.15, -0.1) is 0 Å². The molecule has 0 radical (unpaired) electrons. The van der Waals surface area contributed by atoms with Crippen molar-refractivity contribution in [3.05, 3.63) is 47.0 Å². The van der Waals surface area contributed by atoms with Crippen molar-refractivity contribution in [2.45, 2.75) is 19.8 Å². The minimum absolute atomic E-state index is 0.0140. The van der Waals surface area contributed by atoms with Crippen LogP contribution in [0.1, 0.15) is 25.3 Å². The Bertz CT molecular complexity index is 900. The number of hydrogen-bond acceptors (Lipinski definition) is 6. The summed E-state index contributed by atoms with van der Waals surface area (Å²) in [4.78, 5) is 23.9. The van der Waals surface area contributed by atoms with Crippen LogP contribution in [0.3, 0.4) is 0 Å². The Morgan fingerprint density at radius 1 is 1.03 bits per heavy atom. The second-order valence-electron chi connectivity index (χ2n) is 6.03. The lowest BCUT2D eigenvalue weighted by atomic mass is 10.2. The molecule has 2 aromatic carbocycles. The lowest BCUT2D eigenvalue weighted by Crippen LogP contribution is -2.20. The molecule has 0 spiro atoms. The summed E-state index contributed by atoms with van der Waals surface area (Å²) in [6, 6.07) is 10.2. The van der Waals surface area contributed by atoms with E-state index >= 15 is 0 Å². The fourth-order valence-corrected chi connectivity index (χ4v) is 2.65. The molecule has 0 aliphatic carbocycles. The van der Waals surface area contributed by atoms with Gasteiger partial charge in [-0.25, -0.2) is 5.43 Å². The molecule has 0 fully saturated rings. The minimum Gasteiger partial charge on any atom is -0.494 e. The molecule has 0 bridgehead atoms. The molecule has 30 heavy (non-hydrogen) atoms. The van der Waals surface area contributed by atoms with Crippen LogP contribution in [-0.4, -0.2) is 38.9 Å². The Kier molecular flexibility index (Phi) is 8.96. The Labute approximate surface area is 180 Å². The molecule has 0 atom stereocenters. The Hall–Kier alpha value is -3.26. The lowest BCUT2D eigenvalue weighted by Gasteiger charge is -2.09. The van der Waals surface area contributed by atoms with E-state index in [9.17, 15) is 9.59 Å². The van der Waals surface area contributed by atoms with Gasteiger partial charge in [-0.3, -0.25) is 9.59 Å². The van der Waals surface area contributed by atoms with E-state index in [0.717, 1.165) is 5.75 Å². The number of carbonyl (C=O) groups excluding carboxylic acids is 2. The maximum atomic E-state index is 12.0. The fourth-order valence-electron chi connectivity index (χ4n) is 2.45. The summed E-state index contributed by atoms with van der Waals surface area (Å²) in [6.07, 6.45) is 1.40. The largest absolute Gasteiger partial charge is 0.494 e. The number of hydrogen-bond donors (Lipinski definition) is 2. The number of benzene rings is 2. The van der Waals surface area contributed by atoms with Crippen molar-refractivity contribution in [2.75, 3.05) is 26.1 Å². The van der Waals surface area contributed by atoms with E-state index in [1.807, 2.05) is 6.92 Å². The van der Waals surface area contributed by atoms with Crippen molar-refractivity contribution in [2.24, 2.45) is 5.10 Å². The number of nitrogens with one attached hydrogen (secondary N) is 2. The second-order valence-corrected chi connectivity index (χ2v) is 6.43. The van der Waals surface area contributed by atoms with E-state index < -0.39 is 5.91 Å². The molecule has 0 aliphatic rings. The first kappa shape index (κ1) is 23.0. The number of halogens is 1. The molecule has 0 unspecified atom stereocenters. The molecule has 2 aromatic rings. The summed E-state index contributed by atoms with van der Waals surface area (Å²) >= 11 is 6.16. The van der Waals surface area contributed by atoms with E-state index in [2.05, 4.69) is 15.8 Å². The van der Waals surface area contributed by atoms with Gasteiger partial charge in [0, 0.05) is 30.2 Å². The van der Waals surface area contributed by atoms with Crippen molar-refractivity contribution < 1.29 is 23.8 Å². The zero-order valence-electron chi connectivity index (χ0n) is 17.0. The molecule has 0 saturated carbocycles. The van der Waals surface area contributed by atoms with Crippen LogP contribution >= 0.6 is 11.6 Å². The lowest BCUT2D eigenvalue weighted by molar-refractivity contribution is -0.124. The summed E-state index contributed by atoms with van der Waals surface area (Å²) in [5.41, 5.74) is 3.54. The molecule has 0 saturated heterocycles. The van der Waals surface area contributed by atoms with Crippen LogP contribution in [0.2, 0.25) is 5.02 Å². The predicted octanol–water partition coefficient (Wildman–Crippen LogP) is 3.62. The van der Waals surface area contributed by atoms with Crippen molar-refractivity contribution in [1.82, 2.24) is 5.43 Å². The summed E-state index contributed by atoms with van der Waals surface area (Å²) in [7, 11) is 3.01. The van der Waals surface area contributed by atoms with Gasteiger partial charge < -0.3 is 19.5 Å². The first-order valence-corrected chi connectivity index (χ1v) is 9.60. The van der Waals surface area contributed by atoms with E-state index in [-0.39, 0.29) is 18.7 Å². The van der Waals surface area contributed by atoms with Crippen LogP contribution in [0.25, 0.3) is 0 Å². The van der Waals surface area contributed by atoms with Crippen LogP contribution in [0, 0.1) is 0 Å². The molecule has 2 rings (SSSR count). The molecule has 0 aromatic heterocycles. The van der Waals surface area contributed by atoms with Crippen molar-refractivity contribution in [3.63, 3.8) is 0 Å². The average Bonchev–Trinajstić information content (AvgIpc) is 2.74. The smallest absolute Gasteiger partial charge is 0.240 e. The Morgan fingerprint density at radius 3 is 2.30 bits per heavy atom. The van der Waals surface area contributed by atoms with Crippen LogP contribution < -0.4 is 25.0 Å². The van der Waals surface area contributed by atoms with Gasteiger partial charge in [-0.2, -0.15) is 5.10 Å². The highest BCUT2D eigenvalue weighted by Crippen LogP contribution is 2.32. The minimum atomic E-state index is -0.398. The number of rotatable bonds is 10. The maximum absolute atomic E-state index is 12.0. The maximum Gasteiger partial charge on any atom is 0.240 e. The molecule has 160 valence electrons. The highest BCUT2D eigenvalue weighted by atomic mass is 35.5. The first-order valence-electron chi connectivity index (χ1n) is 9.23. The molecule has 2 amide bonds. The van der Waals surface area contributed by atoms with E-state index in [1.54, 1.807) is 36.4 Å². The number of hydrazone groups is 1. The van der Waals surface area contributed by atoms with E-state index in [1.165, 1.54) is 20.4 Å². The van der Waals surface area contributed by atoms with Crippen LogP contribution in [0.4, 0.5) is 5.69 Å². The number of amides is 2. The summed E-state index contributed by atoms with van der Waals surface area (Å²) in [5.74, 6) is 1.02. The van der Waals surface area contributed by atoms with E-state index in [0.29, 0.717) is 34.4 Å². The van der Waals surface area contributed by atoms with Crippen molar-refractivity contribution in [1.29, 1.82) is 0 Å². The number of anilines is 1. The zero-order valence-corrected chi connectivity index (χ0v) is 17.8. The average molecular weight is 434 g/mol. The topological polar surface area (TPSA) is 98.2 Å². The van der Waals surface area contributed by atoms with E-state index in [4.69, 9.17) is 25.8 Å². The van der Waals surface area contributed by atoms with Gasteiger partial charge in [-0.1, -0.05) is 11.6 Å². The van der Waals surface area contributed by atoms with Gasteiger partial charge in [0.2, 0.25) is 11.8 Å². The molecular formula is C21H24ClN3O5. The molecule has 9 heteroatoms. The van der Waals surface area contributed by atoms with Crippen LogP contribution in [0.5, 0.6) is 17.2 Å². The van der Waals surface area contributed by atoms with Gasteiger partial charge in [0.05, 0.1) is 32.1 Å². The van der Waals surface area contributed by atoms with Gasteiger partial charge in [0.15, 0.2) is 11.5 Å². The third-order valence-electron chi connectivity index (χ3n) is 3.92. The Balaban J connectivity index is 1.81. The molecule has 8 nitrogen and oxygen atoms in total. The Morgan fingerprint density at radius 2 is 1.67 bits per heavy atom. The predicted molar refractivity (Wildman–Crippen MR) is 116 cm³/mol. The third kappa shape index (κ3) is 6.97. The highest BCUT2D eigenvalue weighted by molar-refractivity contribution is 6.33. The summed E-state index contributed by atoms with van der Waals surface area (Å²) < 4.78 is 15.7. The SMILES string of the molecule is CCOc1ccc(NC(=O)CCC(=O)N/N=C/c2cc(OC)c(OC)cc2Cl)cc1. The summed E-state index contributed by atoms with van der Waals surface area (Å²) in [6.45, 7) is 2.47. The number of methoxy groups -OCH3 is 2. The quantitative estimate of drug-likeness (QED) is 0.440.